The van der Waals surface area contributed by atoms with E-state index in [9.17, 15) is 9.18 Å². The van der Waals surface area contributed by atoms with Gasteiger partial charge in [0.25, 0.3) is 0 Å². The molecule has 0 unspecified atom stereocenters. The summed E-state index contributed by atoms with van der Waals surface area (Å²) in [7, 11) is 1.75. The van der Waals surface area contributed by atoms with Gasteiger partial charge in [-0.15, -0.1) is 0 Å². The molecule has 0 spiro atoms. The summed E-state index contributed by atoms with van der Waals surface area (Å²) in [4.78, 5) is 18.3. The molecular weight excluding hydrogens is 269 g/mol. The molecule has 2 aliphatic rings. The Labute approximate surface area is 128 Å². The Bertz CT molecular complexity index is 369. The molecule has 0 aliphatic carbocycles. The van der Waals surface area contributed by atoms with Crippen molar-refractivity contribution in [2.75, 3.05) is 33.2 Å². The molecule has 2 aliphatic heterocycles. The molecule has 2 fully saturated rings. The lowest BCUT2D eigenvalue weighted by Gasteiger charge is -2.50. The fourth-order valence-corrected chi connectivity index (χ4v) is 3.40. The number of hydrogen-bond donors (Lipinski definition) is 0. The van der Waals surface area contributed by atoms with Gasteiger partial charge in [-0.05, 0) is 20.3 Å². The van der Waals surface area contributed by atoms with Crippen LogP contribution in [0.15, 0.2) is 0 Å². The molecule has 122 valence electrons. The first-order chi connectivity index (χ1) is 9.81. The zero-order chi connectivity index (χ0) is 15.7. The highest BCUT2D eigenvalue weighted by Crippen LogP contribution is 2.25. The van der Waals surface area contributed by atoms with E-state index < -0.39 is 6.17 Å². The van der Waals surface area contributed by atoms with Crippen molar-refractivity contribution in [3.05, 3.63) is 0 Å². The summed E-state index contributed by atoms with van der Waals surface area (Å²) in [5.41, 5.74) is 0. The molecule has 0 radical (unpaired) electrons. The van der Waals surface area contributed by atoms with E-state index in [1.54, 1.807) is 11.9 Å². The number of piperidine rings is 1. The van der Waals surface area contributed by atoms with Crippen LogP contribution in [0.5, 0.6) is 0 Å². The molecule has 0 bridgehead atoms. The maximum atomic E-state index is 14.5. The van der Waals surface area contributed by atoms with Gasteiger partial charge in [0.1, 0.15) is 6.17 Å². The minimum Gasteiger partial charge on any atom is -0.340 e. The van der Waals surface area contributed by atoms with Crippen molar-refractivity contribution in [2.24, 2.45) is 5.92 Å². The summed E-state index contributed by atoms with van der Waals surface area (Å²) in [6, 6.07) is 0.824. The number of hydrogen-bond acceptors (Lipinski definition) is 3. The Morgan fingerprint density at radius 2 is 1.81 bits per heavy atom. The van der Waals surface area contributed by atoms with Gasteiger partial charge in [-0.25, -0.2) is 4.39 Å². The van der Waals surface area contributed by atoms with E-state index in [0.29, 0.717) is 18.6 Å². The third-order valence-corrected chi connectivity index (χ3v) is 5.01. The number of rotatable bonds is 4. The number of amides is 1. The first kappa shape index (κ1) is 16.7. The smallest absolute Gasteiger partial charge is 0.225 e. The Balaban J connectivity index is 1.84. The molecule has 2 atom stereocenters. The lowest BCUT2D eigenvalue weighted by molar-refractivity contribution is -0.138. The molecule has 5 heteroatoms. The Hall–Kier alpha value is -0.680. The van der Waals surface area contributed by atoms with Crippen LogP contribution < -0.4 is 0 Å². The predicted molar refractivity (Wildman–Crippen MR) is 83.0 cm³/mol. The third-order valence-electron chi connectivity index (χ3n) is 5.01. The highest BCUT2D eigenvalue weighted by molar-refractivity contribution is 5.78. The van der Waals surface area contributed by atoms with E-state index in [1.165, 1.54) is 0 Å². The van der Waals surface area contributed by atoms with Crippen LogP contribution in [-0.4, -0.2) is 78.1 Å². The van der Waals surface area contributed by atoms with Crippen molar-refractivity contribution in [1.29, 1.82) is 0 Å². The zero-order valence-electron chi connectivity index (χ0n) is 14.1. The van der Waals surface area contributed by atoms with Gasteiger partial charge in [0.15, 0.2) is 0 Å². The van der Waals surface area contributed by atoms with E-state index >= 15 is 0 Å². The van der Waals surface area contributed by atoms with Crippen LogP contribution in [0.3, 0.4) is 0 Å². The van der Waals surface area contributed by atoms with Gasteiger partial charge in [0.05, 0.1) is 6.04 Å². The second kappa shape index (κ2) is 6.61. The predicted octanol–water partition coefficient (Wildman–Crippen LogP) is 1.61. The monoisotopic (exact) mass is 299 g/mol. The van der Waals surface area contributed by atoms with Crippen LogP contribution in [0.4, 0.5) is 4.39 Å². The number of carbonyl (C=O) groups is 1. The van der Waals surface area contributed by atoms with E-state index in [1.807, 2.05) is 13.8 Å². The summed E-state index contributed by atoms with van der Waals surface area (Å²) in [6.45, 7) is 11.6. The Kier molecular flexibility index (Phi) is 5.25. The van der Waals surface area contributed by atoms with Crippen LogP contribution in [0.2, 0.25) is 0 Å². The van der Waals surface area contributed by atoms with Crippen molar-refractivity contribution in [1.82, 2.24) is 14.7 Å². The van der Waals surface area contributed by atoms with Gasteiger partial charge < -0.3 is 4.90 Å². The molecule has 2 heterocycles. The number of alkyl halides is 1. The molecule has 0 aromatic heterocycles. The van der Waals surface area contributed by atoms with Gasteiger partial charge >= 0.3 is 0 Å². The van der Waals surface area contributed by atoms with Crippen molar-refractivity contribution in [3.63, 3.8) is 0 Å². The second-order valence-electron chi connectivity index (χ2n) is 7.17. The largest absolute Gasteiger partial charge is 0.340 e. The van der Waals surface area contributed by atoms with E-state index in [2.05, 4.69) is 23.6 Å². The Morgan fingerprint density at radius 3 is 2.29 bits per heavy atom. The molecule has 0 saturated carbocycles. The van der Waals surface area contributed by atoms with Crippen molar-refractivity contribution in [2.45, 2.75) is 58.4 Å². The molecule has 0 aromatic carbocycles. The number of likely N-dealkylation sites (tertiary alicyclic amines) is 2. The summed E-state index contributed by atoms with van der Waals surface area (Å²) in [5, 5.41) is 0. The van der Waals surface area contributed by atoms with Crippen LogP contribution >= 0.6 is 0 Å². The maximum absolute atomic E-state index is 14.5. The molecule has 0 N–H and O–H groups in total. The van der Waals surface area contributed by atoms with Gasteiger partial charge in [-0.2, -0.15) is 0 Å². The number of halogens is 1. The Morgan fingerprint density at radius 1 is 1.19 bits per heavy atom. The van der Waals surface area contributed by atoms with Crippen molar-refractivity contribution in [3.8, 4) is 0 Å². The highest BCUT2D eigenvalue weighted by atomic mass is 19.1. The SMILES string of the molecule is CC(C)C(=O)N(C)[C@@H]1CCN(C2CN(C(C)C)C2)C[C@@H]1F. The van der Waals surface area contributed by atoms with Gasteiger partial charge in [0, 0.05) is 51.2 Å². The van der Waals surface area contributed by atoms with Gasteiger partial charge in [-0.3, -0.25) is 14.6 Å². The summed E-state index contributed by atoms with van der Waals surface area (Å²) in [5.74, 6) is -0.0165. The first-order valence-electron chi connectivity index (χ1n) is 8.20. The molecule has 2 rings (SSSR count). The molecule has 4 nitrogen and oxygen atoms in total. The fourth-order valence-electron chi connectivity index (χ4n) is 3.40. The summed E-state index contributed by atoms with van der Waals surface area (Å²) < 4.78 is 14.5. The molecular formula is C16H30FN3O. The highest BCUT2D eigenvalue weighted by Gasteiger charge is 2.40. The molecule has 2 saturated heterocycles. The number of nitrogens with zero attached hydrogens (tertiary/aromatic N) is 3. The van der Waals surface area contributed by atoms with Crippen LogP contribution in [-0.2, 0) is 4.79 Å². The quantitative estimate of drug-likeness (QED) is 0.789. The van der Waals surface area contributed by atoms with Crippen molar-refractivity contribution < 1.29 is 9.18 Å². The van der Waals surface area contributed by atoms with Crippen LogP contribution in [0, 0.1) is 5.92 Å². The third kappa shape index (κ3) is 3.57. The fraction of sp³-hybridized carbons (Fsp3) is 0.938. The molecule has 21 heavy (non-hydrogen) atoms. The van der Waals surface area contributed by atoms with E-state index in [-0.39, 0.29) is 17.9 Å². The average Bonchev–Trinajstić information content (AvgIpc) is 2.34. The maximum Gasteiger partial charge on any atom is 0.225 e. The average molecular weight is 299 g/mol. The minimum absolute atomic E-state index is 0.0470. The molecule has 0 aromatic rings. The second-order valence-corrected chi connectivity index (χ2v) is 7.17. The van der Waals surface area contributed by atoms with Gasteiger partial charge in [-0.1, -0.05) is 13.8 Å². The van der Waals surface area contributed by atoms with E-state index in [4.69, 9.17) is 0 Å². The van der Waals surface area contributed by atoms with Crippen LogP contribution in [0.25, 0.3) is 0 Å². The van der Waals surface area contributed by atoms with E-state index in [0.717, 1.165) is 26.1 Å². The van der Waals surface area contributed by atoms with Crippen molar-refractivity contribution >= 4 is 5.91 Å². The molecule has 1 amide bonds. The first-order valence-corrected chi connectivity index (χ1v) is 8.20. The number of carbonyl (C=O) groups excluding carboxylic acids is 1. The lowest BCUT2D eigenvalue weighted by atomic mass is 9.96. The normalized spacial score (nSPS) is 29.0. The summed E-state index contributed by atoms with van der Waals surface area (Å²) >= 11 is 0. The minimum atomic E-state index is -0.931. The van der Waals surface area contributed by atoms with Gasteiger partial charge in [0.2, 0.25) is 5.91 Å². The zero-order valence-corrected chi connectivity index (χ0v) is 14.1. The van der Waals surface area contributed by atoms with Crippen LogP contribution in [0.1, 0.15) is 34.1 Å². The standard InChI is InChI=1S/C16H30FN3O/c1-11(2)16(21)18(5)15-6-7-19(10-14(15)17)13-8-20(9-13)12(3)4/h11-15H,6-10H2,1-5H3/t14-,15+/m0/s1. The topological polar surface area (TPSA) is 26.8 Å². The lowest BCUT2D eigenvalue weighted by Crippen LogP contribution is -2.65. The summed E-state index contributed by atoms with van der Waals surface area (Å²) in [6.07, 6.45) is -0.187.